The van der Waals surface area contributed by atoms with Gasteiger partial charge in [-0.3, -0.25) is 19.8 Å². The summed E-state index contributed by atoms with van der Waals surface area (Å²) in [6, 6.07) is 6.17. The van der Waals surface area contributed by atoms with Crippen LogP contribution >= 0.6 is 12.4 Å². The fourth-order valence-corrected chi connectivity index (χ4v) is 1.70. The van der Waals surface area contributed by atoms with Crippen molar-refractivity contribution < 1.29 is 14.8 Å². The van der Waals surface area contributed by atoms with Crippen molar-refractivity contribution in [1.82, 2.24) is 4.90 Å². The summed E-state index contributed by atoms with van der Waals surface area (Å²) in [4.78, 5) is 22.5. The topological polar surface area (TPSA) is 83.7 Å². The Kier molecular flexibility index (Phi) is 7.71. The van der Waals surface area contributed by atoms with E-state index in [1.165, 1.54) is 12.1 Å². The van der Waals surface area contributed by atoms with Crippen LogP contribution in [0.5, 0.6) is 0 Å². The Morgan fingerprint density at radius 2 is 1.95 bits per heavy atom. The van der Waals surface area contributed by atoms with Gasteiger partial charge in [-0.25, -0.2) is 0 Å². The number of hydrogen-bond acceptors (Lipinski definition) is 4. The van der Waals surface area contributed by atoms with Gasteiger partial charge < -0.3 is 5.11 Å². The SMILES string of the molecule is CCCN(CC(=O)O)Cc1ccc([N+](=O)[O-])cc1.Cl. The second kappa shape index (κ2) is 8.44. The number of benzene rings is 1. The fourth-order valence-electron chi connectivity index (χ4n) is 1.70. The van der Waals surface area contributed by atoms with Crippen molar-refractivity contribution in [2.45, 2.75) is 19.9 Å². The zero-order valence-corrected chi connectivity index (χ0v) is 11.4. The molecule has 1 N–H and O–H groups in total. The summed E-state index contributed by atoms with van der Waals surface area (Å²) < 4.78 is 0. The van der Waals surface area contributed by atoms with Crippen LogP contribution in [-0.2, 0) is 11.3 Å². The fraction of sp³-hybridized carbons (Fsp3) is 0.417. The molecule has 0 heterocycles. The molecule has 0 radical (unpaired) electrons. The Morgan fingerprint density at radius 3 is 2.37 bits per heavy atom. The quantitative estimate of drug-likeness (QED) is 0.615. The molecule has 106 valence electrons. The second-order valence-electron chi connectivity index (χ2n) is 4.03. The second-order valence-corrected chi connectivity index (χ2v) is 4.03. The van der Waals surface area contributed by atoms with Crippen LogP contribution in [0.2, 0.25) is 0 Å². The van der Waals surface area contributed by atoms with Gasteiger partial charge in [0.1, 0.15) is 0 Å². The highest BCUT2D eigenvalue weighted by Crippen LogP contribution is 2.13. The molecule has 0 unspecified atom stereocenters. The van der Waals surface area contributed by atoms with Crippen molar-refractivity contribution in [3.63, 3.8) is 0 Å². The van der Waals surface area contributed by atoms with E-state index in [-0.39, 0.29) is 24.6 Å². The average Bonchev–Trinajstić information content (AvgIpc) is 2.29. The molecule has 1 aromatic rings. The van der Waals surface area contributed by atoms with Crippen molar-refractivity contribution >= 4 is 24.1 Å². The average molecular weight is 289 g/mol. The number of carbonyl (C=O) groups is 1. The summed E-state index contributed by atoms with van der Waals surface area (Å²) in [5.74, 6) is -0.870. The zero-order chi connectivity index (χ0) is 13.5. The molecule has 19 heavy (non-hydrogen) atoms. The lowest BCUT2D eigenvalue weighted by molar-refractivity contribution is -0.384. The summed E-state index contributed by atoms with van der Waals surface area (Å²) in [6.45, 7) is 3.12. The van der Waals surface area contributed by atoms with E-state index in [0.29, 0.717) is 13.1 Å². The molecule has 0 fully saturated rings. The molecule has 0 aromatic heterocycles. The van der Waals surface area contributed by atoms with Gasteiger partial charge in [0.2, 0.25) is 0 Å². The molecule has 7 heteroatoms. The highest BCUT2D eigenvalue weighted by atomic mass is 35.5. The number of non-ortho nitro benzene ring substituents is 1. The molecule has 6 nitrogen and oxygen atoms in total. The van der Waals surface area contributed by atoms with Crippen molar-refractivity contribution in [2.24, 2.45) is 0 Å². The smallest absolute Gasteiger partial charge is 0.317 e. The third-order valence-corrected chi connectivity index (χ3v) is 2.45. The lowest BCUT2D eigenvalue weighted by Crippen LogP contribution is -2.30. The Morgan fingerprint density at radius 1 is 1.37 bits per heavy atom. The molecule has 1 rings (SSSR count). The first-order valence-electron chi connectivity index (χ1n) is 5.70. The zero-order valence-electron chi connectivity index (χ0n) is 10.6. The van der Waals surface area contributed by atoms with Gasteiger partial charge in [0.05, 0.1) is 11.5 Å². The first kappa shape index (κ1) is 17.3. The molecule has 0 spiro atoms. The number of halogens is 1. The van der Waals surface area contributed by atoms with E-state index in [9.17, 15) is 14.9 Å². The maximum Gasteiger partial charge on any atom is 0.317 e. The lowest BCUT2D eigenvalue weighted by atomic mass is 10.2. The highest BCUT2D eigenvalue weighted by molar-refractivity contribution is 5.85. The van der Waals surface area contributed by atoms with Gasteiger partial charge in [-0.15, -0.1) is 12.4 Å². The van der Waals surface area contributed by atoms with E-state index in [2.05, 4.69) is 0 Å². The van der Waals surface area contributed by atoms with Crippen LogP contribution < -0.4 is 0 Å². The number of rotatable bonds is 7. The molecule has 0 atom stereocenters. The van der Waals surface area contributed by atoms with Gasteiger partial charge >= 0.3 is 5.97 Å². The third-order valence-electron chi connectivity index (χ3n) is 2.45. The van der Waals surface area contributed by atoms with Gasteiger partial charge in [0, 0.05) is 18.7 Å². The van der Waals surface area contributed by atoms with E-state index < -0.39 is 10.9 Å². The van der Waals surface area contributed by atoms with E-state index in [4.69, 9.17) is 5.11 Å². The number of carboxylic acids is 1. The summed E-state index contributed by atoms with van der Waals surface area (Å²) in [5.41, 5.74) is 0.911. The Hall–Kier alpha value is -1.66. The molecular weight excluding hydrogens is 272 g/mol. The van der Waals surface area contributed by atoms with Crippen LogP contribution in [0.4, 0.5) is 5.69 Å². The van der Waals surface area contributed by atoms with Crippen molar-refractivity contribution in [3.8, 4) is 0 Å². The minimum absolute atomic E-state index is 0. The molecule has 1 aromatic carbocycles. The van der Waals surface area contributed by atoms with Crippen molar-refractivity contribution in [3.05, 3.63) is 39.9 Å². The maximum absolute atomic E-state index is 10.7. The predicted molar refractivity (Wildman–Crippen MR) is 73.5 cm³/mol. The predicted octanol–water partition coefficient (Wildman–Crippen LogP) is 2.31. The molecule has 0 amide bonds. The Bertz CT molecular complexity index is 422. The van der Waals surface area contributed by atoms with Gasteiger partial charge in [0.25, 0.3) is 5.69 Å². The largest absolute Gasteiger partial charge is 0.480 e. The van der Waals surface area contributed by atoms with Crippen LogP contribution in [-0.4, -0.2) is 34.0 Å². The van der Waals surface area contributed by atoms with Gasteiger partial charge in [-0.1, -0.05) is 19.1 Å². The lowest BCUT2D eigenvalue weighted by Gasteiger charge is -2.19. The maximum atomic E-state index is 10.7. The molecular formula is C12H17ClN2O4. The van der Waals surface area contributed by atoms with Crippen LogP contribution in [0.1, 0.15) is 18.9 Å². The van der Waals surface area contributed by atoms with Crippen LogP contribution in [0.15, 0.2) is 24.3 Å². The molecule has 0 aliphatic carbocycles. The molecule has 0 aliphatic heterocycles. The number of hydrogen-bond donors (Lipinski definition) is 1. The number of nitro benzene ring substituents is 1. The molecule has 0 bridgehead atoms. The first-order chi connectivity index (χ1) is 8.52. The monoisotopic (exact) mass is 288 g/mol. The molecule has 0 saturated heterocycles. The number of carboxylic acid groups (broad SMARTS) is 1. The summed E-state index contributed by atoms with van der Waals surface area (Å²) >= 11 is 0. The minimum Gasteiger partial charge on any atom is -0.480 e. The minimum atomic E-state index is -0.870. The number of aliphatic carboxylic acids is 1. The standard InChI is InChI=1S/C12H16N2O4.ClH/c1-2-7-13(9-12(15)16)8-10-3-5-11(6-4-10)14(17)18;/h3-6H,2,7-9H2,1H3,(H,15,16);1H. The normalized spacial score (nSPS) is 10.0. The Balaban J connectivity index is 0.00000324. The van der Waals surface area contributed by atoms with Crippen molar-refractivity contribution in [1.29, 1.82) is 0 Å². The molecule has 0 aliphatic rings. The van der Waals surface area contributed by atoms with Crippen LogP contribution in [0.25, 0.3) is 0 Å². The van der Waals surface area contributed by atoms with E-state index in [1.807, 2.05) is 6.92 Å². The van der Waals surface area contributed by atoms with Gasteiger partial charge in [-0.2, -0.15) is 0 Å². The van der Waals surface area contributed by atoms with Gasteiger partial charge in [-0.05, 0) is 18.5 Å². The van der Waals surface area contributed by atoms with E-state index in [0.717, 1.165) is 12.0 Å². The highest BCUT2D eigenvalue weighted by Gasteiger charge is 2.10. The van der Waals surface area contributed by atoms with Gasteiger partial charge in [0.15, 0.2) is 0 Å². The van der Waals surface area contributed by atoms with E-state index in [1.54, 1.807) is 17.0 Å². The first-order valence-corrected chi connectivity index (χ1v) is 5.70. The number of nitro groups is 1. The Labute approximate surface area is 117 Å². The van der Waals surface area contributed by atoms with E-state index >= 15 is 0 Å². The van der Waals surface area contributed by atoms with Crippen LogP contribution in [0.3, 0.4) is 0 Å². The van der Waals surface area contributed by atoms with Crippen molar-refractivity contribution in [2.75, 3.05) is 13.1 Å². The molecule has 0 saturated carbocycles. The summed E-state index contributed by atoms with van der Waals surface area (Å²) in [7, 11) is 0. The van der Waals surface area contributed by atoms with Crippen LogP contribution in [0, 0.1) is 10.1 Å². The third kappa shape index (κ3) is 6.17. The summed E-state index contributed by atoms with van der Waals surface area (Å²) in [6.07, 6.45) is 0.861. The number of nitrogens with zero attached hydrogens (tertiary/aromatic N) is 2. The summed E-state index contributed by atoms with van der Waals surface area (Å²) in [5, 5.41) is 19.3.